The first-order chi connectivity index (χ1) is 11.1. The third kappa shape index (κ3) is 2.05. The Labute approximate surface area is 144 Å². The van der Waals surface area contributed by atoms with Crippen molar-refractivity contribution in [1.82, 2.24) is 14.3 Å². The van der Waals surface area contributed by atoms with Crippen LogP contribution in [0.4, 0.5) is 0 Å². The summed E-state index contributed by atoms with van der Waals surface area (Å²) in [6.07, 6.45) is 0. The molecule has 0 atom stereocenters. The average molecular weight is 417 g/mol. The van der Waals surface area contributed by atoms with Crippen molar-refractivity contribution in [2.24, 2.45) is 7.05 Å². The molecule has 4 aromatic rings. The van der Waals surface area contributed by atoms with Gasteiger partial charge in [-0.3, -0.25) is 14.7 Å². The van der Waals surface area contributed by atoms with Gasteiger partial charge in [0.15, 0.2) is 0 Å². The normalized spacial score (nSPS) is 11.4. The summed E-state index contributed by atoms with van der Waals surface area (Å²) in [6.45, 7) is 0. The van der Waals surface area contributed by atoms with Gasteiger partial charge in [-0.15, -0.1) is 0 Å². The number of pyridine rings is 1. The number of fused-ring (bicyclic) bond motifs is 3. The lowest BCUT2D eigenvalue weighted by Gasteiger charge is -2.02. The molecule has 0 amide bonds. The number of hydrogen-bond acceptors (Lipinski definition) is 2. The van der Waals surface area contributed by atoms with Crippen LogP contribution in [0.2, 0.25) is 0 Å². The standard InChI is InChI=1S/C17H12IN3O2/c1-20-15-14(12-4-2-3-5-13(12)16(20)22)19-21(17(15)23)11-8-6-10(18)7-9-11/h2-9,19H,1H3. The molecule has 2 aromatic heterocycles. The lowest BCUT2D eigenvalue weighted by Crippen LogP contribution is -2.22. The second-order valence-corrected chi connectivity index (χ2v) is 6.61. The molecule has 1 N–H and O–H groups in total. The lowest BCUT2D eigenvalue weighted by atomic mass is 10.1. The number of aromatic nitrogens is 3. The molecule has 0 spiro atoms. The monoisotopic (exact) mass is 417 g/mol. The zero-order valence-electron chi connectivity index (χ0n) is 12.2. The summed E-state index contributed by atoms with van der Waals surface area (Å²) in [5.41, 5.74) is 1.40. The van der Waals surface area contributed by atoms with Crippen molar-refractivity contribution >= 4 is 44.4 Å². The fourth-order valence-electron chi connectivity index (χ4n) is 2.87. The quantitative estimate of drug-likeness (QED) is 0.485. The summed E-state index contributed by atoms with van der Waals surface area (Å²) in [5, 5.41) is 4.50. The van der Waals surface area contributed by atoms with E-state index in [0.717, 1.165) is 14.6 Å². The van der Waals surface area contributed by atoms with E-state index in [0.29, 0.717) is 16.4 Å². The highest BCUT2D eigenvalue weighted by Crippen LogP contribution is 2.19. The smallest absolute Gasteiger partial charge is 0.295 e. The maximum absolute atomic E-state index is 12.8. The molecule has 0 saturated heterocycles. The zero-order valence-corrected chi connectivity index (χ0v) is 14.4. The molecular formula is C17H12IN3O2. The van der Waals surface area contributed by atoms with Crippen LogP contribution in [-0.2, 0) is 7.05 Å². The SMILES string of the molecule is Cn1c(=O)c2ccccc2c2[nH]n(-c3ccc(I)cc3)c(=O)c21. The third-order valence-corrected chi connectivity index (χ3v) is 4.74. The minimum atomic E-state index is -0.230. The summed E-state index contributed by atoms with van der Waals surface area (Å²) >= 11 is 2.22. The first-order valence-corrected chi connectivity index (χ1v) is 8.14. The van der Waals surface area contributed by atoms with E-state index in [4.69, 9.17) is 0 Å². The fraction of sp³-hybridized carbons (Fsp3) is 0.0588. The van der Waals surface area contributed by atoms with Crippen LogP contribution in [-0.4, -0.2) is 14.3 Å². The molecule has 0 radical (unpaired) electrons. The summed E-state index contributed by atoms with van der Waals surface area (Å²) in [5.74, 6) is 0. The minimum absolute atomic E-state index is 0.168. The Kier molecular flexibility index (Phi) is 3.15. The van der Waals surface area contributed by atoms with Crippen LogP contribution >= 0.6 is 22.6 Å². The van der Waals surface area contributed by atoms with E-state index in [1.165, 1.54) is 9.25 Å². The molecule has 0 fully saturated rings. The van der Waals surface area contributed by atoms with Crippen LogP contribution in [0.5, 0.6) is 0 Å². The van der Waals surface area contributed by atoms with Crippen molar-refractivity contribution in [3.8, 4) is 5.69 Å². The van der Waals surface area contributed by atoms with E-state index in [2.05, 4.69) is 27.7 Å². The molecule has 0 aliphatic heterocycles. The predicted molar refractivity (Wildman–Crippen MR) is 99.4 cm³/mol. The predicted octanol–water partition coefficient (Wildman–Crippen LogP) is 2.78. The topological polar surface area (TPSA) is 59.8 Å². The highest BCUT2D eigenvalue weighted by molar-refractivity contribution is 14.1. The number of halogens is 1. The molecule has 0 unspecified atom stereocenters. The Bertz CT molecular complexity index is 1170. The van der Waals surface area contributed by atoms with Gasteiger partial charge in [0.2, 0.25) is 0 Å². The molecule has 114 valence electrons. The Morgan fingerprint density at radius 3 is 2.26 bits per heavy atom. The largest absolute Gasteiger partial charge is 0.305 e. The van der Waals surface area contributed by atoms with E-state index in [-0.39, 0.29) is 11.1 Å². The number of benzene rings is 2. The molecule has 0 bridgehead atoms. The number of hydrogen-bond donors (Lipinski definition) is 1. The second-order valence-electron chi connectivity index (χ2n) is 5.36. The first kappa shape index (κ1) is 14.3. The van der Waals surface area contributed by atoms with Gasteiger partial charge in [0, 0.05) is 21.4 Å². The van der Waals surface area contributed by atoms with Gasteiger partial charge in [0.25, 0.3) is 11.1 Å². The Balaban J connectivity index is 2.18. The maximum Gasteiger partial charge on any atom is 0.295 e. The van der Waals surface area contributed by atoms with Gasteiger partial charge in [-0.1, -0.05) is 18.2 Å². The van der Waals surface area contributed by atoms with Gasteiger partial charge in [-0.25, -0.2) is 4.68 Å². The molecule has 4 rings (SSSR count). The Morgan fingerprint density at radius 2 is 1.57 bits per heavy atom. The van der Waals surface area contributed by atoms with Crippen LogP contribution in [0.15, 0.2) is 58.1 Å². The number of aromatic amines is 1. The Morgan fingerprint density at radius 1 is 0.913 bits per heavy atom. The minimum Gasteiger partial charge on any atom is -0.305 e. The van der Waals surface area contributed by atoms with Crippen LogP contribution in [0.3, 0.4) is 0 Å². The van der Waals surface area contributed by atoms with Gasteiger partial charge >= 0.3 is 0 Å². The molecule has 0 aliphatic carbocycles. The van der Waals surface area contributed by atoms with Crippen molar-refractivity contribution < 1.29 is 0 Å². The van der Waals surface area contributed by atoms with Crippen LogP contribution in [0, 0.1) is 3.57 Å². The molecule has 2 heterocycles. The highest BCUT2D eigenvalue weighted by atomic mass is 127. The van der Waals surface area contributed by atoms with Crippen molar-refractivity contribution in [3.63, 3.8) is 0 Å². The van der Waals surface area contributed by atoms with Gasteiger partial charge < -0.3 is 4.57 Å². The van der Waals surface area contributed by atoms with Gasteiger partial charge in [-0.2, -0.15) is 0 Å². The first-order valence-electron chi connectivity index (χ1n) is 7.06. The summed E-state index contributed by atoms with van der Waals surface area (Å²) < 4.78 is 3.99. The van der Waals surface area contributed by atoms with Crippen molar-refractivity contribution in [1.29, 1.82) is 0 Å². The van der Waals surface area contributed by atoms with Crippen LogP contribution in [0.25, 0.3) is 27.5 Å². The van der Waals surface area contributed by atoms with Gasteiger partial charge in [-0.05, 0) is 52.9 Å². The molecule has 2 aromatic carbocycles. The molecular weight excluding hydrogens is 405 g/mol. The van der Waals surface area contributed by atoms with Gasteiger partial charge in [0.1, 0.15) is 5.52 Å². The van der Waals surface area contributed by atoms with E-state index in [1.807, 2.05) is 42.5 Å². The number of aryl methyl sites for hydroxylation is 1. The van der Waals surface area contributed by atoms with Gasteiger partial charge in [0.05, 0.1) is 11.2 Å². The molecule has 23 heavy (non-hydrogen) atoms. The number of H-pyrrole nitrogens is 1. The fourth-order valence-corrected chi connectivity index (χ4v) is 3.23. The average Bonchev–Trinajstić information content (AvgIpc) is 2.91. The lowest BCUT2D eigenvalue weighted by molar-refractivity contribution is 0.855. The summed E-state index contributed by atoms with van der Waals surface area (Å²) in [4.78, 5) is 25.3. The number of nitrogens with zero attached hydrogens (tertiary/aromatic N) is 2. The van der Waals surface area contributed by atoms with Crippen LogP contribution < -0.4 is 11.1 Å². The zero-order chi connectivity index (χ0) is 16.1. The number of nitrogens with one attached hydrogen (secondary N) is 1. The number of rotatable bonds is 1. The Hall–Kier alpha value is -2.35. The summed E-state index contributed by atoms with van der Waals surface area (Å²) in [7, 11) is 1.63. The second kappa shape index (κ2) is 5.09. The molecule has 0 saturated carbocycles. The maximum atomic E-state index is 12.8. The molecule has 6 heteroatoms. The summed E-state index contributed by atoms with van der Waals surface area (Å²) in [6, 6.07) is 14.9. The van der Waals surface area contributed by atoms with Crippen molar-refractivity contribution in [2.75, 3.05) is 0 Å². The van der Waals surface area contributed by atoms with E-state index < -0.39 is 0 Å². The third-order valence-electron chi connectivity index (χ3n) is 4.02. The van der Waals surface area contributed by atoms with Crippen molar-refractivity contribution in [2.45, 2.75) is 0 Å². The molecule has 5 nitrogen and oxygen atoms in total. The van der Waals surface area contributed by atoms with Crippen LogP contribution in [0.1, 0.15) is 0 Å². The van der Waals surface area contributed by atoms with E-state index >= 15 is 0 Å². The van der Waals surface area contributed by atoms with Crippen molar-refractivity contribution in [3.05, 3.63) is 72.8 Å². The van der Waals surface area contributed by atoms with E-state index in [9.17, 15) is 9.59 Å². The van der Waals surface area contributed by atoms with E-state index in [1.54, 1.807) is 13.1 Å². The molecule has 0 aliphatic rings. The highest BCUT2D eigenvalue weighted by Gasteiger charge is 2.16.